The number of nitrogens with two attached hydrogens (primary N) is 1. The predicted octanol–water partition coefficient (Wildman–Crippen LogP) is 2.16. The minimum Gasteiger partial charge on any atom is -0.497 e. The van der Waals surface area contributed by atoms with Crippen molar-refractivity contribution in [2.45, 2.75) is 6.54 Å². The van der Waals surface area contributed by atoms with Crippen LogP contribution in [0.2, 0.25) is 0 Å². The minimum atomic E-state index is 0.232. The Kier molecular flexibility index (Phi) is 3.84. The summed E-state index contributed by atoms with van der Waals surface area (Å²) < 4.78 is 5.16. The molecule has 1 aromatic heterocycles. The van der Waals surface area contributed by atoms with Crippen LogP contribution in [0.3, 0.4) is 0 Å². The fourth-order valence-electron chi connectivity index (χ4n) is 1.63. The lowest BCUT2D eigenvalue weighted by molar-refractivity contribution is 0.414. The molecule has 0 aliphatic rings. The van der Waals surface area contributed by atoms with Crippen molar-refractivity contribution in [1.29, 1.82) is 5.26 Å². The molecule has 19 heavy (non-hydrogen) atoms. The van der Waals surface area contributed by atoms with Gasteiger partial charge in [-0.05, 0) is 29.8 Å². The summed E-state index contributed by atoms with van der Waals surface area (Å²) >= 11 is 0. The van der Waals surface area contributed by atoms with Gasteiger partial charge < -0.3 is 15.8 Å². The molecule has 96 valence electrons. The number of ether oxygens (including phenoxy) is 1. The van der Waals surface area contributed by atoms with Crippen LogP contribution < -0.4 is 15.8 Å². The Hall–Kier alpha value is -2.74. The molecule has 0 radical (unpaired) electrons. The molecule has 0 fully saturated rings. The SMILES string of the molecule is COc1cccc(CNc2ccc(N)c(C#N)n2)c1. The summed E-state index contributed by atoms with van der Waals surface area (Å²) in [6.07, 6.45) is 0. The van der Waals surface area contributed by atoms with Crippen LogP contribution in [-0.2, 0) is 6.54 Å². The van der Waals surface area contributed by atoms with Gasteiger partial charge in [0, 0.05) is 6.54 Å². The third-order valence-corrected chi connectivity index (χ3v) is 2.64. The van der Waals surface area contributed by atoms with Crippen molar-refractivity contribution in [3.05, 3.63) is 47.7 Å². The van der Waals surface area contributed by atoms with E-state index in [2.05, 4.69) is 10.3 Å². The van der Waals surface area contributed by atoms with Crippen molar-refractivity contribution < 1.29 is 4.74 Å². The van der Waals surface area contributed by atoms with Crippen molar-refractivity contribution in [3.63, 3.8) is 0 Å². The summed E-state index contributed by atoms with van der Waals surface area (Å²) in [5.41, 5.74) is 7.30. The van der Waals surface area contributed by atoms with Crippen LogP contribution in [0, 0.1) is 11.3 Å². The molecule has 0 bridgehead atoms. The van der Waals surface area contributed by atoms with Gasteiger partial charge in [0.1, 0.15) is 17.6 Å². The first-order chi connectivity index (χ1) is 9.22. The molecule has 0 aliphatic heterocycles. The first-order valence-electron chi connectivity index (χ1n) is 5.76. The van der Waals surface area contributed by atoms with Gasteiger partial charge in [-0.15, -0.1) is 0 Å². The number of nitrogens with one attached hydrogen (secondary N) is 1. The van der Waals surface area contributed by atoms with Crippen molar-refractivity contribution >= 4 is 11.5 Å². The molecule has 1 aromatic carbocycles. The van der Waals surface area contributed by atoms with E-state index >= 15 is 0 Å². The number of rotatable bonds is 4. The number of anilines is 2. The van der Waals surface area contributed by atoms with E-state index in [1.807, 2.05) is 30.3 Å². The fraction of sp³-hybridized carbons (Fsp3) is 0.143. The second-order valence-electron chi connectivity index (χ2n) is 3.95. The number of pyridine rings is 1. The minimum absolute atomic E-state index is 0.232. The molecule has 2 aromatic rings. The zero-order chi connectivity index (χ0) is 13.7. The lowest BCUT2D eigenvalue weighted by atomic mass is 10.2. The van der Waals surface area contributed by atoms with E-state index in [-0.39, 0.29) is 5.69 Å². The molecule has 0 unspecified atom stereocenters. The Morgan fingerprint density at radius 3 is 2.95 bits per heavy atom. The highest BCUT2D eigenvalue weighted by Crippen LogP contribution is 2.15. The molecule has 0 saturated heterocycles. The number of methoxy groups -OCH3 is 1. The van der Waals surface area contributed by atoms with E-state index in [0.29, 0.717) is 18.1 Å². The standard InChI is InChI=1S/C14H14N4O/c1-19-11-4-2-3-10(7-11)9-17-14-6-5-12(16)13(8-15)18-14/h2-7H,9,16H2,1H3,(H,17,18). The molecule has 0 saturated carbocycles. The van der Waals surface area contributed by atoms with Gasteiger partial charge in [0.15, 0.2) is 5.69 Å². The summed E-state index contributed by atoms with van der Waals surface area (Å²) in [7, 11) is 1.63. The number of aromatic nitrogens is 1. The second-order valence-corrected chi connectivity index (χ2v) is 3.95. The summed E-state index contributed by atoms with van der Waals surface area (Å²) in [4.78, 5) is 4.12. The monoisotopic (exact) mass is 254 g/mol. The quantitative estimate of drug-likeness (QED) is 0.873. The van der Waals surface area contributed by atoms with E-state index in [0.717, 1.165) is 11.3 Å². The average Bonchev–Trinajstić information content (AvgIpc) is 2.46. The van der Waals surface area contributed by atoms with Crippen LogP contribution >= 0.6 is 0 Å². The van der Waals surface area contributed by atoms with E-state index in [1.165, 1.54) is 0 Å². The highest BCUT2D eigenvalue weighted by Gasteiger charge is 2.02. The average molecular weight is 254 g/mol. The van der Waals surface area contributed by atoms with Crippen LogP contribution in [-0.4, -0.2) is 12.1 Å². The Bertz CT molecular complexity index is 619. The highest BCUT2D eigenvalue weighted by molar-refractivity contribution is 5.54. The van der Waals surface area contributed by atoms with Gasteiger partial charge in [-0.1, -0.05) is 12.1 Å². The molecule has 0 amide bonds. The summed E-state index contributed by atoms with van der Waals surface area (Å²) in [5.74, 6) is 1.43. The van der Waals surface area contributed by atoms with E-state index in [4.69, 9.17) is 15.7 Å². The molecule has 1 heterocycles. The summed E-state index contributed by atoms with van der Waals surface area (Å²) in [5, 5.41) is 12.0. The topological polar surface area (TPSA) is 84.0 Å². The lowest BCUT2D eigenvalue weighted by Gasteiger charge is -2.08. The van der Waals surface area contributed by atoms with Crippen molar-refractivity contribution in [1.82, 2.24) is 4.98 Å². The lowest BCUT2D eigenvalue weighted by Crippen LogP contribution is -2.03. The van der Waals surface area contributed by atoms with Gasteiger partial charge in [0.2, 0.25) is 0 Å². The zero-order valence-electron chi connectivity index (χ0n) is 10.6. The molecule has 3 N–H and O–H groups in total. The number of nitriles is 1. The molecule has 5 heteroatoms. The van der Waals surface area contributed by atoms with Gasteiger partial charge in [0.05, 0.1) is 12.8 Å². The van der Waals surface area contributed by atoms with Crippen molar-refractivity contribution in [3.8, 4) is 11.8 Å². The van der Waals surface area contributed by atoms with Gasteiger partial charge in [-0.3, -0.25) is 0 Å². The smallest absolute Gasteiger partial charge is 0.165 e. The number of nitrogen functional groups attached to an aromatic ring is 1. The maximum atomic E-state index is 8.86. The van der Waals surface area contributed by atoms with E-state index in [9.17, 15) is 0 Å². The molecule has 5 nitrogen and oxygen atoms in total. The number of hydrogen-bond acceptors (Lipinski definition) is 5. The summed E-state index contributed by atoms with van der Waals surface area (Å²) in [6, 6.07) is 13.1. The molecule has 2 rings (SSSR count). The Labute approximate surface area is 111 Å². The zero-order valence-corrected chi connectivity index (χ0v) is 10.6. The summed E-state index contributed by atoms with van der Waals surface area (Å²) in [6.45, 7) is 0.596. The van der Waals surface area contributed by atoms with Gasteiger partial charge in [0.25, 0.3) is 0 Å². The third kappa shape index (κ3) is 3.13. The maximum absolute atomic E-state index is 8.86. The largest absolute Gasteiger partial charge is 0.497 e. The third-order valence-electron chi connectivity index (χ3n) is 2.64. The first kappa shape index (κ1) is 12.7. The molecule has 0 spiro atoms. The number of hydrogen-bond donors (Lipinski definition) is 2. The van der Waals surface area contributed by atoms with Crippen LogP contribution in [0.4, 0.5) is 11.5 Å². The van der Waals surface area contributed by atoms with Gasteiger partial charge >= 0.3 is 0 Å². The van der Waals surface area contributed by atoms with Crippen LogP contribution in [0.5, 0.6) is 5.75 Å². The molecular formula is C14H14N4O. The van der Waals surface area contributed by atoms with E-state index in [1.54, 1.807) is 19.2 Å². The predicted molar refractivity (Wildman–Crippen MR) is 73.7 cm³/mol. The Morgan fingerprint density at radius 1 is 1.37 bits per heavy atom. The molecule has 0 aliphatic carbocycles. The van der Waals surface area contributed by atoms with E-state index < -0.39 is 0 Å². The number of benzene rings is 1. The van der Waals surface area contributed by atoms with Crippen LogP contribution in [0.1, 0.15) is 11.3 Å². The first-order valence-corrected chi connectivity index (χ1v) is 5.76. The normalized spacial score (nSPS) is 9.68. The van der Waals surface area contributed by atoms with Crippen molar-refractivity contribution in [2.75, 3.05) is 18.2 Å². The number of nitrogens with zero attached hydrogens (tertiary/aromatic N) is 2. The van der Waals surface area contributed by atoms with Gasteiger partial charge in [-0.25, -0.2) is 4.98 Å². The Morgan fingerprint density at radius 2 is 2.21 bits per heavy atom. The van der Waals surface area contributed by atoms with Crippen LogP contribution in [0.15, 0.2) is 36.4 Å². The molecular weight excluding hydrogens is 240 g/mol. The maximum Gasteiger partial charge on any atom is 0.165 e. The Balaban J connectivity index is 2.08. The molecule has 0 atom stereocenters. The van der Waals surface area contributed by atoms with Crippen LogP contribution in [0.25, 0.3) is 0 Å². The van der Waals surface area contributed by atoms with Crippen molar-refractivity contribution in [2.24, 2.45) is 0 Å². The van der Waals surface area contributed by atoms with Gasteiger partial charge in [-0.2, -0.15) is 5.26 Å². The fourth-order valence-corrected chi connectivity index (χ4v) is 1.63. The highest BCUT2D eigenvalue weighted by atomic mass is 16.5. The second kappa shape index (κ2) is 5.74.